The predicted octanol–water partition coefficient (Wildman–Crippen LogP) is 4.65. The second kappa shape index (κ2) is 8.20. The van der Waals surface area contributed by atoms with Gasteiger partial charge in [-0.05, 0) is 83.6 Å². The average Bonchev–Trinajstić information content (AvgIpc) is 3.45. The molecule has 0 unspecified atom stereocenters. The minimum absolute atomic E-state index is 0.128. The van der Waals surface area contributed by atoms with Gasteiger partial charge in [-0.25, -0.2) is 22.3 Å². The minimum Gasteiger partial charge on any atom is -0.444 e. The van der Waals surface area contributed by atoms with Crippen LogP contribution in [0.1, 0.15) is 82.7 Å². The summed E-state index contributed by atoms with van der Waals surface area (Å²) in [5.41, 5.74) is 0.268. The van der Waals surface area contributed by atoms with Gasteiger partial charge in [-0.2, -0.15) is 0 Å². The Morgan fingerprint density at radius 2 is 1.85 bits per heavy atom. The number of sulfonamides is 1. The molecule has 0 saturated heterocycles. The van der Waals surface area contributed by atoms with Crippen molar-refractivity contribution in [3.05, 3.63) is 35.2 Å². The van der Waals surface area contributed by atoms with Crippen LogP contribution in [0.2, 0.25) is 0 Å². The van der Waals surface area contributed by atoms with Crippen molar-refractivity contribution in [1.82, 2.24) is 15.0 Å². The Labute approximate surface area is 194 Å². The second-order valence-corrected chi connectivity index (χ2v) is 12.4. The number of aromatic nitrogens is 1. The Hall–Kier alpha value is -2.26. The summed E-state index contributed by atoms with van der Waals surface area (Å²) in [5.74, 6) is 0.339. The number of aryl methyl sites for hydroxylation is 1. The predicted molar refractivity (Wildman–Crippen MR) is 125 cm³/mol. The Morgan fingerprint density at radius 3 is 2.45 bits per heavy atom. The normalized spacial score (nSPS) is 18.9. The lowest BCUT2D eigenvalue weighted by atomic mass is 9.99. The molecule has 0 aliphatic heterocycles. The lowest BCUT2D eigenvalue weighted by molar-refractivity contribution is 0.0504. The lowest BCUT2D eigenvalue weighted by Gasteiger charge is -2.23. The van der Waals surface area contributed by atoms with Gasteiger partial charge >= 0.3 is 6.09 Å². The number of alkyl carbamates (subject to hydrolysis) is 1. The summed E-state index contributed by atoms with van der Waals surface area (Å²) in [6.07, 6.45) is 4.50. The van der Waals surface area contributed by atoms with Crippen molar-refractivity contribution in [2.75, 3.05) is 6.54 Å². The van der Waals surface area contributed by atoms with Crippen LogP contribution in [0.3, 0.4) is 0 Å². The van der Waals surface area contributed by atoms with Crippen molar-refractivity contribution < 1.29 is 22.3 Å². The highest BCUT2D eigenvalue weighted by Gasteiger charge is 2.33. The minimum atomic E-state index is -3.96. The molecule has 2 aliphatic carbocycles. The van der Waals surface area contributed by atoms with Crippen LogP contribution in [0.25, 0.3) is 10.8 Å². The van der Waals surface area contributed by atoms with Crippen LogP contribution in [-0.2, 0) is 21.2 Å². The van der Waals surface area contributed by atoms with Crippen molar-refractivity contribution in [2.24, 2.45) is 0 Å². The summed E-state index contributed by atoms with van der Waals surface area (Å²) in [6.45, 7) is 7.75. The molecule has 1 heterocycles. The van der Waals surface area contributed by atoms with Gasteiger partial charge in [0.2, 0.25) is 10.0 Å². The molecule has 180 valence electrons. The number of alkyl halides is 1. The molecule has 7 nitrogen and oxygen atoms in total. The highest BCUT2D eigenvalue weighted by molar-refractivity contribution is 7.89. The van der Waals surface area contributed by atoms with Crippen LogP contribution in [-0.4, -0.2) is 37.3 Å². The molecule has 1 fully saturated rings. The summed E-state index contributed by atoms with van der Waals surface area (Å²) < 4.78 is 48.3. The molecular formula is C24H32FN3O4S. The third kappa shape index (κ3) is 5.46. The molecule has 2 aliphatic rings. The van der Waals surface area contributed by atoms with E-state index in [0.717, 1.165) is 29.7 Å². The zero-order valence-electron chi connectivity index (χ0n) is 19.8. The van der Waals surface area contributed by atoms with Crippen LogP contribution >= 0.6 is 0 Å². The summed E-state index contributed by atoms with van der Waals surface area (Å²) in [4.78, 5) is 17.2. The molecule has 1 aromatic heterocycles. The molecule has 1 amide bonds. The fourth-order valence-corrected chi connectivity index (χ4v) is 5.65. The smallest absolute Gasteiger partial charge is 0.408 e. The van der Waals surface area contributed by atoms with Gasteiger partial charge < -0.3 is 10.1 Å². The molecule has 0 radical (unpaired) electrons. The number of hydrogen-bond acceptors (Lipinski definition) is 5. The van der Waals surface area contributed by atoms with Crippen LogP contribution in [0.5, 0.6) is 0 Å². The first-order chi connectivity index (χ1) is 15.2. The number of carbonyl (C=O) groups is 1. The first-order valence-corrected chi connectivity index (χ1v) is 12.9. The fourth-order valence-electron chi connectivity index (χ4n) is 4.20. The second-order valence-electron chi connectivity index (χ2n) is 10.7. The van der Waals surface area contributed by atoms with E-state index in [1.807, 2.05) is 6.07 Å². The highest BCUT2D eigenvalue weighted by atomic mass is 32.2. The van der Waals surface area contributed by atoms with Gasteiger partial charge in [0.25, 0.3) is 0 Å². The molecule has 2 N–H and O–H groups in total. The Balaban J connectivity index is 1.78. The number of fused-ring (bicyclic) bond motifs is 3. The van der Waals surface area contributed by atoms with E-state index in [-0.39, 0.29) is 17.5 Å². The highest BCUT2D eigenvalue weighted by Crippen LogP contribution is 2.43. The number of nitrogens with one attached hydrogen (secondary N) is 2. The Kier molecular flexibility index (Phi) is 5.93. The maximum Gasteiger partial charge on any atom is 0.408 e. The molecule has 0 bridgehead atoms. The van der Waals surface area contributed by atoms with E-state index in [4.69, 9.17) is 4.74 Å². The molecule has 0 spiro atoms. The van der Waals surface area contributed by atoms with Crippen LogP contribution < -0.4 is 10.0 Å². The summed E-state index contributed by atoms with van der Waals surface area (Å²) in [5, 5.41) is 4.17. The quantitative estimate of drug-likeness (QED) is 0.631. The maximum atomic E-state index is 14.0. The first-order valence-electron chi connectivity index (χ1n) is 11.4. The van der Waals surface area contributed by atoms with Gasteiger partial charge in [0.05, 0.1) is 10.9 Å². The number of nitrogens with zero attached hydrogens (tertiary/aromatic N) is 1. The zero-order chi connectivity index (χ0) is 24.2. The molecular weight excluding hydrogens is 445 g/mol. The Bertz CT molecular complexity index is 1190. The van der Waals surface area contributed by atoms with Gasteiger partial charge in [-0.1, -0.05) is 0 Å². The summed E-state index contributed by atoms with van der Waals surface area (Å²) in [6, 6.07) is 3.20. The van der Waals surface area contributed by atoms with Crippen molar-refractivity contribution in [2.45, 2.75) is 88.4 Å². The number of carbonyl (C=O) groups excluding carboxylic acids is 1. The first kappa shape index (κ1) is 23.9. The fraction of sp³-hybridized carbons (Fsp3) is 0.583. The van der Waals surface area contributed by atoms with Crippen LogP contribution in [0, 0.1) is 0 Å². The summed E-state index contributed by atoms with van der Waals surface area (Å²) in [7, 11) is -3.96. The van der Waals surface area contributed by atoms with Crippen molar-refractivity contribution >= 4 is 26.9 Å². The molecule has 4 rings (SSSR count). The van der Waals surface area contributed by atoms with Gasteiger partial charge in [-0.15, -0.1) is 0 Å². The number of hydrogen-bond donors (Lipinski definition) is 2. The van der Waals surface area contributed by atoms with E-state index in [1.54, 1.807) is 33.0 Å². The van der Waals surface area contributed by atoms with Gasteiger partial charge in [0.1, 0.15) is 11.3 Å². The maximum absolute atomic E-state index is 14.0. The number of benzene rings is 1. The molecule has 33 heavy (non-hydrogen) atoms. The largest absolute Gasteiger partial charge is 0.444 e. The van der Waals surface area contributed by atoms with E-state index < -0.39 is 27.4 Å². The standard InChI is InChI=1S/C24H32FN3O4S/c1-23(2,3)32-22(29)28-18-9-8-15-10-20(33(30,31)27-13-24(4,5)25)16-11-19(14-6-7-14)26-12-17(16)21(15)18/h10-12,14,18,27H,6-9,13H2,1-5H3,(H,28,29)/t18-/m0/s1. The number of rotatable bonds is 6. The van der Waals surface area contributed by atoms with E-state index in [2.05, 4.69) is 15.0 Å². The molecule has 1 saturated carbocycles. The van der Waals surface area contributed by atoms with Gasteiger partial charge in [-0.3, -0.25) is 4.98 Å². The van der Waals surface area contributed by atoms with Crippen LogP contribution in [0.15, 0.2) is 23.2 Å². The summed E-state index contributed by atoms with van der Waals surface area (Å²) >= 11 is 0. The molecule has 1 aromatic carbocycles. The van der Waals surface area contributed by atoms with Gasteiger partial charge in [0, 0.05) is 35.1 Å². The topological polar surface area (TPSA) is 97.4 Å². The van der Waals surface area contributed by atoms with Crippen molar-refractivity contribution in [1.29, 1.82) is 0 Å². The van der Waals surface area contributed by atoms with E-state index >= 15 is 0 Å². The SMILES string of the molecule is CC(C)(F)CNS(=O)(=O)c1cc2c(c3cnc(C4CC4)cc13)[C@@H](NC(=O)OC(C)(C)C)CC2. The van der Waals surface area contributed by atoms with Crippen LogP contribution in [0.4, 0.5) is 9.18 Å². The third-order valence-corrected chi connectivity index (χ3v) is 7.28. The average molecular weight is 478 g/mol. The van der Waals surface area contributed by atoms with E-state index in [9.17, 15) is 17.6 Å². The van der Waals surface area contributed by atoms with E-state index in [0.29, 0.717) is 29.5 Å². The number of pyridine rings is 1. The molecule has 2 aromatic rings. The lowest BCUT2D eigenvalue weighted by Crippen LogP contribution is -2.35. The third-order valence-electron chi connectivity index (χ3n) is 5.84. The van der Waals surface area contributed by atoms with Gasteiger partial charge in [0.15, 0.2) is 0 Å². The zero-order valence-corrected chi connectivity index (χ0v) is 20.6. The molecule has 1 atom stereocenters. The number of halogens is 1. The van der Waals surface area contributed by atoms with Crippen molar-refractivity contribution in [3.63, 3.8) is 0 Å². The van der Waals surface area contributed by atoms with E-state index in [1.165, 1.54) is 13.8 Å². The number of amides is 1. The number of ether oxygens (including phenoxy) is 1. The Morgan fingerprint density at radius 1 is 1.15 bits per heavy atom. The van der Waals surface area contributed by atoms with Crippen molar-refractivity contribution in [3.8, 4) is 0 Å². The monoisotopic (exact) mass is 477 g/mol. The molecule has 9 heteroatoms.